The van der Waals surface area contributed by atoms with Gasteiger partial charge < -0.3 is 0 Å². The summed E-state index contributed by atoms with van der Waals surface area (Å²) in [6, 6.07) is 28.4. The van der Waals surface area contributed by atoms with Crippen molar-refractivity contribution in [3.05, 3.63) is 150 Å². The summed E-state index contributed by atoms with van der Waals surface area (Å²) in [6.07, 6.45) is 18.6. The molecule has 0 saturated heterocycles. The Bertz CT molecular complexity index is 2580. The predicted molar refractivity (Wildman–Crippen MR) is 207 cm³/mol. The molecule has 0 fully saturated rings. The Hall–Kier alpha value is -5.78. The van der Waals surface area contributed by atoms with Crippen LogP contribution >= 0.6 is 11.3 Å². The summed E-state index contributed by atoms with van der Waals surface area (Å²) in [6.45, 7) is 7.91. The minimum atomic E-state index is 0.580. The van der Waals surface area contributed by atoms with Crippen molar-refractivity contribution in [2.45, 2.75) is 25.7 Å². The fourth-order valence-electron chi connectivity index (χ4n) is 7.17. The van der Waals surface area contributed by atoms with Gasteiger partial charge in [-0.05, 0) is 59.9 Å². The van der Waals surface area contributed by atoms with Crippen LogP contribution in [0.3, 0.4) is 0 Å². The average molecular weight is 649 g/mol. The number of allylic oxidation sites excluding steroid dienone is 6. The van der Waals surface area contributed by atoms with E-state index in [1.165, 1.54) is 37.9 Å². The average Bonchev–Trinajstić information content (AvgIpc) is 3.61. The van der Waals surface area contributed by atoms with Crippen molar-refractivity contribution in [2.24, 2.45) is 0 Å². The second-order valence-electron chi connectivity index (χ2n) is 12.5. The highest BCUT2D eigenvalue weighted by molar-refractivity contribution is 7.16. The van der Waals surface area contributed by atoms with E-state index in [2.05, 4.69) is 116 Å². The molecule has 234 valence electrons. The SMILES string of the molecule is C=C/C=C(\C=C)c1nc(-c2ccc(-c3c4ccc5c(c4nc4c3ccc3ccccc34)C=CCC5)cc2)nc(-c2cc3c(s2)C=CCC3)n1. The van der Waals surface area contributed by atoms with Crippen LogP contribution < -0.4 is 0 Å². The van der Waals surface area contributed by atoms with Crippen LogP contribution in [0.15, 0.2) is 122 Å². The first-order valence-electron chi connectivity index (χ1n) is 16.7. The quantitative estimate of drug-likeness (QED) is 0.102. The lowest BCUT2D eigenvalue weighted by atomic mass is 9.89. The van der Waals surface area contributed by atoms with Crippen LogP contribution in [0, 0.1) is 0 Å². The molecule has 7 aromatic rings. The maximum atomic E-state index is 5.38. The van der Waals surface area contributed by atoms with Gasteiger partial charge in [0.15, 0.2) is 17.5 Å². The van der Waals surface area contributed by atoms with E-state index in [1.54, 1.807) is 23.5 Å². The number of nitrogens with zero attached hydrogens (tertiary/aromatic N) is 4. The number of fused-ring (bicyclic) bond motifs is 7. The third-order valence-corrected chi connectivity index (χ3v) is 10.7. The maximum absolute atomic E-state index is 5.38. The molecule has 3 heterocycles. The summed E-state index contributed by atoms with van der Waals surface area (Å²) < 4.78 is 0. The third kappa shape index (κ3) is 5.06. The first kappa shape index (κ1) is 29.4. The zero-order valence-corrected chi connectivity index (χ0v) is 27.8. The van der Waals surface area contributed by atoms with Gasteiger partial charge in [-0.3, -0.25) is 0 Å². The van der Waals surface area contributed by atoms with Crippen LogP contribution in [0.25, 0.3) is 83.5 Å². The van der Waals surface area contributed by atoms with E-state index in [1.807, 2.05) is 6.08 Å². The van der Waals surface area contributed by atoms with Gasteiger partial charge in [0.25, 0.3) is 0 Å². The molecule has 3 aromatic heterocycles. The van der Waals surface area contributed by atoms with E-state index in [9.17, 15) is 0 Å². The van der Waals surface area contributed by atoms with E-state index < -0.39 is 0 Å². The monoisotopic (exact) mass is 648 g/mol. The van der Waals surface area contributed by atoms with Gasteiger partial charge in [-0.2, -0.15) is 0 Å². The lowest BCUT2D eigenvalue weighted by molar-refractivity contribution is 0.988. The fraction of sp³-hybridized carbons (Fsp3) is 0.0909. The molecule has 5 heteroatoms. The Balaban J connectivity index is 1.22. The normalized spacial score (nSPS) is 13.9. The lowest BCUT2D eigenvalue weighted by Gasteiger charge is -2.18. The van der Waals surface area contributed by atoms with Gasteiger partial charge in [0, 0.05) is 43.3 Å². The van der Waals surface area contributed by atoms with Crippen LogP contribution in [0.4, 0.5) is 0 Å². The van der Waals surface area contributed by atoms with Crippen molar-refractivity contribution in [2.75, 3.05) is 0 Å². The summed E-state index contributed by atoms with van der Waals surface area (Å²) in [7, 11) is 0. The molecule has 2 aliphatic carbocycles. The number of rotatable bonds is 6. The Morgan fingerprint density at radius 1 is 0.673 bits per heavy atom. The molecule has 9 rings (SSSR count). The summed E-state index contributed by atoms with van der Waals surface area (Å²) in [5.74, 6) is 1.88. The second-order valence-corrected chi connectivity index (χ2v) is 13.6. The molecule has 0 atom stereocenters. The topological polar surface area (TPSA) is 51.6 Å². The molecular weight excluding hydrogens is 617 g/mol. The Labute approximate surface area is 289 Å². The zero-order chi connectivity index (χ0) is 32.9. The number of thiophene rings is 1. The smallest absolute Gasteiger partial charge is 0.174 e. The summed E-state index contributed by atoms with van der Waals surface area (Å²) >= 11 is 1.73. The van der Waals surface area contributed by atoms with Crippen molar-refractivity contribution in [1.82, 2.24) is 19.9 Å². The lowest BCUT2D eigenvalue weighted by Crippen LogP contribution is -2.01. The number of hydrogen-bond donors (Lipinski definition) is 0. The van der Waals surface area contributed by atoms with Crippen LogP contribution in [0.5, 0.6) is 0 Å². The molecule has 0 aliphatic heterocycles. The van der Waals surface area contributed by atoms with Gasteiger partial charge in [-0.1, -0.05) is 122 Å². The van der Waals surface area contributed by atoms with Crippen LogP contribution in [-0.4, -0.2) is 19.9 Å². The molecule has 0 bridgehead atoms. The number of aromatic nitrogens is 4. The minimum Gasteiger partial charge on any atom is -0.246 e. The Morgan fingerprint density at radius 2 is 1.43 bits per heavy atom. The molecule has 0 spiro atoms. The van der Waals surface area contributed by atoms with E-state index in [0.717, 1.165) is 69.1 Å². The predicted octanol–water partition coefficient (Wildman–Crippen LogP) is 11.5. The van der Waals surface area contributed by atoms with Gasteiger partial charge in [-0.15, -0.1) is 11.3 Å². The first-order chi connectivity index (χ1) is 24.2. The van der Waals surface area contributed by atoms with E-state index in [4.69, 9.17) is 19.9 Å². The minimum absolute atomic E-state index is 0.580. The highest BCUT2D eigenvalue weighted by Gasteiger charge is 2.20. The molecule has 0 saturated carbocycles. The summed E-state index contributed by atoms with van der Waals surface area (Å²) in [5, 5.41) is 4.66. The van der Waals surface area contributed by atoms with Crippen molar-refractivity contribution >= 4 is 61.6 Å². The van der Waals surface area contributed by atoms with Gasteiger partial charge in [0.2, 0.25) is 0 Å². The molecule has 2 aliphatic rings. The third-order valence-electron chi connectivity index (χ3n) is 9.59. The van der Waals surface area contributed by atoms with Crippen LogP contribution in [0.1, 0.15) is 40.2 Å². The number of benzene rings is 4. The Kier molecular flexibility index (Phi) is 7.21. The van der Waals surface area contributed by atoms with Gasteiger partial charge in [0.05, 0.1) is 15.9 Å². The standard InChI is InChI=1S/C44H32N4S/c1-3-11-27(4-2)42-46-43(48-44(47-42)38-26-32-14-7-10-17-37(32)49-38)31-20-18-30(19-21-31)39-35-24-22-28-12-5-8-15-33(28)40(35)45-41-34-16-9-6-13-29(34)23-25-36(39)41/h3-5,8-12,15-26H,1-2,6-7,13-14H2/b27-11+. The highest BCUT2D eigenvalue weighted by atomic mass is 32.1. The van der Waals surface area contributed by atoms with Gasteiger partial charge >= 0.3 is 0 Å². The van der Waals surface area contributed by atoms with Crippen molar-refractivity contribution in [1.29, 1.82) is 0 Å². The second kappa shape index (κ2) is 12.0. The molecular formula is C44H32N4S. The number of aryl methyl sites for hydroxylation is 2. The summed E-state index contributed by atoms with van der Waals surface area (Å²) in [4.78, 5) is 22.6. The van der Waals surface area contributed by atoms with Gasteiger partial charge in [0.1, 0.15) is 0 Å². The molecule has 0 unspecified atom stereocenters. The van der Waals surface area contributed by atoms with E-state index >= 15 is 0 Å². The van der Waals surface area contributed by atoms with Crippen molar-refractivity contribution < 1.29 is 0 Å². The molecule has 0 amide bonds. The largest absolute Gasteiger partial charge is 0.246 e. The molecule has 0 radical (unpaired) electrons. The maximum Gasteiger partial charge on any atom is 0.174 e. The number of hydrogen-bond acceptors (Lipinski definition) is 5. The van der Waals surface area contributed by atoms with E-state index in [0.29, 0.717) is 17.5 Å². The highest BCUT2D eigenvalue weighted by Crippen LogP contribution is 2.41. The Morgan fingerprint density at radius 3 is 2.27 bits per heavy atom. The van der Waals surface area contributed by atoms with Crippen LogP contribution in [0.2, 0.25) is 0 Å². The van der Waals surface area contributed by atoms with E-state index in [-0.39, 0.29) is 0 Å². The van der Waals surface area contributed by atoms with Crippen molar-refractivity contribution in [3.63, 3.8) is 0 Å². The number of pyridine rings is 1. The zero-order valence-electron chi connectivity index (χ0n) is 27.0. The fourth-order valence-corrected chi connectivity index (χ4v) is 8.25. The molecule has 4 nitrogen and oxygen atoms in total. The van der Waals surface area contributed by atoms with Crippen LogP contribution in [-0.2, 0) is 12.8 Å². The first-order valence-corrected chi connectivity index (χ1v) is 17.6. The van der Waals surface area contributed by atoms with Gasteiger partial charge in [-0.25, -0.2) is 19.9 Å². The van der Waals surface area contributed by atoms with Crippen molar-refractivity contribution in [3.8, 4) is 33.2 Å². The molecule has 49 heavy (non-hydrogen) atoms. The molecule has 0 N–H and O–H groups in total. The molecule has 4 aromatic carbocycles. The summed E-state index contributed by atoms with van der Waals surface area (Å²) in [5.41, 5.74) is 10.1.